The summed E-state index contributed by atoms with van der Waals surface area (Å²) in [6, 6.07) is 0.375. The van der Waals surface area contributed by atoms with Gasteiger partial charge >= 0.3 is 5.95 Å². The number of aromatic hydroxyl groups is 1. The average molecular weight is 141 g/mol. The zero-order chi connectivity index (χ0) is 7.14. The molecule has 0 fully saturated rings. The number of rotatable bonds is 0. The van der Waals surface area contributed by atoms with E-state index in [-0.39, 0.29) is 5.95 Å². The summed E-state index contributed by atoms with van der Waals surface area (Å²) in [5, 5.41) is 12.7. The molecule has 2 rings (SSSR count). The summed E-state index contributed by atoms with van der Waals surface area (Å²) in [4.78, 5) is 0. The van der Waals surface area contributed by atoms with Crippen molar-refractivity contribution < 1.29 is 14.3 Å². The van der Waals surface area contributed by atoms with Crippen LogP contribution in [0.15, 0.2) is 4.52 Å². The molecule has 0 saturated heterocycles. The quantitative estimate of drug-likeness (QED) is 0.524. The lowest BCUT2D eigenvalue weighted by Gasteiger charge is -1.85. The van der Waals surface area contributed by atoms with Crippen LogP contribution in [0, 0.1) is 0 Å². The van der Waals surface area contributed by atoms with Crippen LogP contribution in [0.3, 0.4) is 0 Å². The van der Waals surface area contributed by atoms with E-state index in [9.17, 15) is 0 Å². The lowest BCUT2D eigenvalue weighted by molar-refractivity contribution is -0.776. The molecule has 1 atom stereocenters. The SMILES string of the molecule is C[C@H]1CCc2c(O)on[n+]21. The monoisotopic (exact) mass is 141 g/mol. The molecular formula is C6H9N2O2+. The Labute approximate surface area is 58.0 Å². The van der Waals surface area contributed by atoms with Gasteiger partial charge in [0.25, 0.3) is 5.69 Å². The highest BCUT2D eigenvalue weighted by atomic mass is 16.6. The van der Waals surface area contributed by atoms with Gasteiger partial charge in [0, 0.05) is 19.8 Å². The normalized spacial score (nSPS) is 23.1. The lowest BCUT2D eigenvalue weighted by atomic mass is 10.2. The molecule has 0 aromatic carbocycles. The Morgan fingerprint density at radius 2 is 2.60 bits per heavy atom. The van der Waals surface area contributed by atoms with Crippen LogP contribution in [0.2, 0.25) is 0 Å². The van der Waals surface area contributed by atoms with Gasteiger partial charge in [-0.2, -0.15) is 0 Å². The summed E-state index contributed by atoms with van der Waals surface area (Å²) in [5.41, 5.74) is 0.826. The molecule has 0 unspecified atom stereocenters. The Hall–Kier alpha value is -1.06. The highest BCUT2D eigenvalue weighted by Crippen LogP contribution is 2.22. The fraction of sp³-hybridized carbons (Fsp3) is 0.667. The third-order valence-corrected chi connectivity index (χ3v) is 1.96. The molecule has 4 nitrogen and oxygen atoms in total. The minimum absolute atomic E-state index is 0.0237. The maximum Gasteiger partial charge on any atom is 0.383 e. The van der Waals surface area contributed by atoms with E-state index in [0.29, 0.717) is 6.04 Å². The molecule has 1 aliphatic heterocycles. The number of hydrogen-bond acceptors (Lipinski definition) is 3. The zero-order valence-electron chi connectivity index (χ0n) is 5.74. The molecule has 0 spiro atoms. The van der Waals surface area contributed by atoms with Crippen molar-refractivity contribution in [2.45, 2.75) is 25.8 Å². The Morgan fingerprint density at radius 1 is 1.80 bits per heavy atom. The third kappa shape index (κ3) is 0.558. The van der Waals surface area contributed by atoms with Crippen LogP contribution in [0.25, 0.3) is 0 Å². The van der Waals surface area contributed by atoms with Gasteiger partial charge in [-0.25, -0.2) is 0 Å². The van der Waals surface area contributed by atoms with Crippen molar-refractivity contribution >= 4 is 0 Å². The molecule has 2 heterocycles. The first-order valence-corrected chi connectivity index (χ1v) is 3.38. The largest absolute Gasteiger partial charge is 0.475 e. The van der Waals surface area contributed by atoms with Crippen molar-refractivity contribution in [2.75, 3.05) is 0 Å². The van der Waals surface area contributed by atoms with E-state index in [0.717, 1.165) is 18.5 Å². The van der Waals surface area contributed by atoms with E-state index >= 15 is 0 Å². The second-order valence-electron chi connectivity index (χ2n) is 2.66. The summed E-state index contributed by atoms with van der Waals surface area (Å²) in [6.07, 6.45) is 1.92. The molecule has 0 radical (unpaired) electrons. The molecule has 0 amide bonds. The van der Waals surface area contributed by atoms with Crippen LogP contribution in [0.5, 0.6) is 5.95 Å². The highest BCUT2D eigenvalue weighted by molar-refractivity contribution is 5.06. The van der Waals surface area contributed by atoms with E-state index in [1.165, 1.54) is 0 Å². The predicted molar refractivity (Wildman–Crippen MR) is 31.4 cm³/mol. The highest BCUT2D eigenvalue weighted by Gasteiger charge is 2.35. The Morgan fingerprint density at radius 3 is 3.30 bits per heavy atom. The van der Waals surface area contributed by atoms with Gasteiger partial charge in [0.2, 0.25) is 5.27 Å². The molecule has 10 heavy (non-hydrogen) atoms. The van der Waals surface area contributed by atoms with Gasteiger partial charge < -0.3 is 5.11 Å². The zero-order valence-corrected chi connectivity index (χ0v) is 5.74. The first-order valence-electron chi connectivity index (χ1n) is 3.38. The van der Waals surface area contributed by atoms with Crippen molar-refractivity contribution in [1.82, 2.24) is 5.27 Å². The summed E-state index contributed by atoms with van der Waals surface area (Å²) < 4.78 is 6.31. The first-order chi connectivity index (χ1) is 4.79. The molecule has 1 aliphatic rings. The van der Waals surface area contributed by atoms with Crippen LogP contribution >= 0.6 is 0 Å². The summed E-state index contributed by atoms with van der Waals surface area (Å²) >= 11 is 0. The molecule has 1 N–H and O–H groups in total. The van der Waals surface area contributed by atoms with Crippen LogP contribution < -0.4 is 4.68 Å². The standard InChI is InChI=1S/C6H8N2O2/c1-4-2-3-5-6(9)10-7-8(4)5/h4H,2-3H2,1H3/p+1/t4-/m0/s1. The number of aromatic nitrogens is 2. The number of hydrogen-bond donors (Lipinski definition) is 1. The molecule has 4 heteroatoms. The van der Waals surface area contributed by atoms with Crippen LogP contribution in [0.4, 0.5) is 0 Å². The smallest absolute Gasteiger partial charge is 0.383 e. The molecule has 54 valence electrons. The number of nitrogens with zero attached hydrogens (tertiary/aromatic N) is 2. The Kier molecular flexibility index (Phi) is 0.977. The van der Waals surface area contributed by atoms with Crippen molar-refractivity contribution in [1.29, 1.82) is 0 Å². The average Bonchev–Trinajstić information content (AvgIpc) is 2.41. The van der Waals surface area contributed by atoms with Gasteiger partial charge in [-0.3, -0.25) is 4.52 Å². The lowest BCUT2D eigenvalue weighted by Crippen LogP contribution is -2.37. The van der Waals surface area contributed by atoms with Crippen LogP contribution in [0.1, 0.15) is 25.1 Å². The molecule has 1 aromatic rings. The Balaban J connectivity index is 2.53. The van der Waals surface area contributed by atoms with Gasteiger partial charge in [0.1, 0.15) is 0 Å². The molecule has 0 saturated carbocycles. The van der Waals surface area contributed by atoms with Crippen molar-refractivity contribution in [3.63, 3.8) is 0 Å². The van der Waals surface area contributed by atoms with Crippen LogP contribution in [-0.4, -0.2) is 10.4 Å². The van der Waals surface area contributed by atoms with E-state index in [1.807, 2.05) is 0 Å². The summed E-state index contributed by atoms with van der Waals surface area (Å²) in [5.74, 6) is -0.0237. The van der Waals surface area contributed by atoms with E-state index in [2.05, 4.69) is 16.7 Å². The number of fused-ring (bicyclic) bond motifs is 1. The fourth-order valence-electron chi connectivity index (χ4n) is 1.32. The van der Waals surface area contributed by atoms with Gasteiger partial charge in [0.15, 0.2) is 6.04 Å². The van der Waals surface area contributed by atoms with E-state index in [4.69, 9.17) is 5.11 Å². The van der Waals surface area contributed by atoms with Crippen molar-refractivity contribution in [3.05, 3.63) is 5.69 Å². The van der Waals surface area contributed by atoms with Crippen molar-refractivity contribution in [2.24, 2.45) is 0 Å². The fourth-order valence-corrected chi connectivity index (χ4v) is 1.32. The predicted octanol–water partition coefficient (Wildman–Crippen LogP) is 0.175. The van der Waals surface area contributed by atoms with Gasteiger partial charge in [-0.05, 0) is 4.68 Å². The second-order valence-corrected chi connectivity index (χ2v) is 2.66. The van der Waals surface area contributed by atoms with Crippen molar-refractivity contribution in [3.8, 4) is 5.95 Å². The van der Waals surface area contributed by atoms with E-state index in [1.54, 1.807) is 4.68 Å². The van der Waals surface area contributed by atoms with Gasteiger partial charge in [-0.1, -0.05) is 0 Å². The topological polar surface area (TPSA) is 50.1 Å². The summed E-state index contributed by atoms with van der Waals surface area (Å²) in [7, 11) is 0. The maximum absolute atomic E-state index is 9.04. The molecule has 1 aromatic heterocycles. The molecule has 0 aliphatic carbocycles. The van der Waals surface area contributed by atoms with E-state index < -0.39 is 0 Å². The van der Waals surface area contributed by atoms with Gasteiger partial charge in [0.05, 0.1) is 0 Å². The second kappa shape index (κ2) is 1.71. The van der Waals surface area contributed by atoms with Gasteiger partial charge in [-0.15, -0.1) is 0 Å². The first kappa shape index (κ1) is 5.70. The molecule has 0 bridgehead atoms. The summed E-state index contributed by atoms with van der Waals surface area (Å²) in [6.45, 7) is 2.05. The molecular weight excluding hydrogens is 132 g/mol. The van der Waals surface area contributed by atoms with Crippen LogP contribution in [-0.2, 0) is 6.42 Å². The minimum atomic E-state index is -0.0237. The minimum Gasteiger partial charge on any atom is -0.475 e. The third-order valence-electron chi connectivity index (χ3n) is 1.96. The Bertz CT molecular complexity index is 256. The maximum atomic E-state index is 9.04.